The summed E-state index contributed by atoms with van der Waals surface area (Å²) in [5.41, 5.74) is 0.447. The Morgan fingerprint density at radius 2 is 2.05 bits per heavy atom. The first kappa shape index (κ1) is 15.6. The molecular weight excluding hydrogens is 272 g/mol. The number of carbonyl (C=O) groups excluding carboxylic acids is 1. The fraction of sp³-hybridized carbons (Fsp3) is 0.562. The Hall–Kier alpha value is -1.75. The summed E-state index contributed by atoms with van der Waals surface area (Å²) in [6.07, 6.45) is 3.24. The molecule has 2 rings (SSSR count). The highest BCUT2D eigenvalue weighted by Crippen LogP contribution is 2.34. The second-order valence-corrected chi connectivity index (χ2v) is 5.09. The van der Waals surface area contributed by atoms with Crippen molar-refractivity contribution in [3.05, 3.63) is 23.8 Å². The maximum atomic E-state index is 11.6. The number of aliphatic hydroxyl groups is 1. The van der Waals surface area contributed by atoms with Gasteiger partial charge < -0.3 is 19.3 Å². The molecule has 1 aromatic carbocycles. The van der Waals surface area contributed by atoms with Crippen LogP contribution in [0.25, 0.3) is 0 Å². The van der Waals surface area contributed by atoms with Gasteiger partial charge in [-0.25, -0.2) is 4.79 Å². The third kappa shape index (κ3) is 3.88. The van der Waals surface area contributed by atoms with Crippen LogP contribution in [0.2, 0.25) is 0 Å². The standard InChI is InChI=1S/C16H22O5/c1-3-20-16(18)15(17)11-8-9-13(19-2)14(10-11)21-12-6-4-5-7-12/h8-10,12,15,17H,3-7H2,1-2H3. The van der Waals surface area contributed by atoms with E-state index in [0.717, 1.165) is 25.7 Å². The summed E-state index contributed by atoms with van der Waals surface area (Å²) in [5, 5.41) is 10.00. The van der Waals surface area contributed by atoms with Gasteiger partial charge in [0.1, 0.15) is 0 Å². The topological polar surface area (TPSA) is 65.0 Å². The van der Waals surface area contributed by atoms with Crippen LogP contribution in [0.5, 0.6) is 11.5 Å². The Kier molecular flexibility index (Phi) is 5.44. The van der Waals surface area contributed by atoms with Gasteiger partial charge in [-0.2, -0.15) is 0 Å². The molecule has 1 atom stereocenters. The number of benzene rings is 1. The van der Waals surface area contributed by atoms with Gasteiger partial charge >= 0.3 is 5.97 Å². The lowest BCUT2D eigenvalue weighted by Gasteiger charge is -2.18. The van der Waals surface area contributed by atoms with Crippen molar-refractivity contribution >= 4 is 5.97 Å². The molecule has 1 aliphatic rings. The second-order valence-electron chi connectivity index (χ2n) is 5.09. The van der Waals surface area contributed by atoms with Gasteiger partial charge in [-0.3, -0.25) is 0 Å². The number of methoxy groups -OCH3 is 1. The lowest BCUT2D eigenvalue weighted by atomic mass is 10.1. The van der Waals surface area contributed by atoms with Crippen LogP contribution in [0.4, 0.5) is 0 Å². The summed E-state index contributed by atoms with van der Waals surface area (Å²) in [7, 11) is 1.57. The van der Waals surface area contributed by atoms with E-state index in [1.807, 2.05) is 0 Å². The molecule has 1 N–H and O–H groups in total. The van der Waals surface area contributed by atoms with Crippen molar-refractivity contribution in [1.29, 1.82) is 0 Å². The van der Waals surface area contributed by atoms with Crippen LogP contribution in [0.1, 0.15) is 44.3 Å². The van der Waals surface area contributed by atoms with Crippen LogP contribution in [-0.2, 0) is 9.53 Å². The molecule has 5 nitrogen and oxygen atoms in total. The first-order valence-electron chi connectivity index (χ1n) is 7.35. The fourth-order valence-electron chi connectivity index (χ4n) is 2.50. The zero-order chi connectivity index (χ0) is 15.2. The molecule has 0 bridgehead atoms. The summed E-state index contributed by atoms with van der Waals surface area (Å²) in [6.45, 7) is 1.94. The molecule has 1 fully saturated rings. The van der Waals surface area contributed by atoms with Crippen molar-refractivity contribution in [2.24, 2.45) is 0 Å². The van der Waals surface area contributed by atoms with Crippen molar-refractivity contribution in [2.75, 3.05) is 13.7 Å². The summed E-state index contributed by atoms with van der Waals surface area (Å²) in [4.78, 5) is 11.6. The maximum absolute atomic E-state index is 11.6. The molecule has 5 heteroatoms. The van der Waals surface area contributed by atoms with Crippen LogP contribution < -0.4 is 9.47 Å². The Morgan fingerprint density at radius 1 is 1.33 bits per heavy atom. The second kappa shape index (κ2) is 7.31. The molecule has 1 saturated carbocycles. The summed E-state index contributed by atoms with van der Waals surface area (Å²) >= 11 is 0. The summed E-state index contributed by atoms with van der Waals surface area (Å²) in [5.74, 6) is 0.501. The molecule has 0 amide bonds. The number of carbonyl (C=O) groups is 1. The van der Waals surface area contributed by atoms with Gasteiger partial charge in [0.05, 0.1) is 19.8 Å². The van der Waals surface area contributed by atoms with E-state index in [1.165, 1.54) is 0 Å². The highest BCUT2D eigenvalue weighted by Gasteiger charge is 2.22. The number of ether oxygens (including phenoxy) is 3. The quantitative estimate of drug-likeness (QED) is 0.817. The molecule has 0 saturated heterocycles. The van der Waals surface area contributed by atoms with Crippen molar-refractivity contribution in [3.63, 3.8) is 0 Å². The normalized spacial score (nSPS) is 16.5. The van der Waals surface area contributed by atoms with E-state index in [0.29, 0.717) is 17.1 Å². The number of hydrogen-bond donors (Lipinski definition) is 1. The molecule has 116 valence electrons. The predicted molar refractivity (Wildman–Crippen MR) is 77.5 cm³/mol. The van der Waals surface area contributed by atoms with E-state index in [-0.39, 0.29) is 12.7 Å². The minimum absolute atomic E-state index is 0.175. The van der Waals surface area contributed by atoms with Crippen molar-refractivity contribution < 1.29 is 24.1 Å². The molecule has 0 heterocycles. The van der Waals surface area contributed by atoms with Gasteiger partial charge in [0.25, 0.3) is 0 Å². The van der Waals surface area contributed by atoms with Gasteiger partial charge in [-0.1, -0.05) is 6.07 Å². The average Bonchev–Trinajstić information content (AvgIpc) is 2.99. The van der Waals surface area contributed by atoms with Gasteiger partial charge in [0, 0.05) is 0 Å². The number of aliphatic hydroxyl groups excluding tert-OH is 1. The molecule has 1 unspecified atom stereocenters. The Labute approximate surface area is 124 Å². The molecule has 21 heavy (non-hydrogen) atoms. The Balaban J connectivity index is 2.17. The molecule has 0 spiro atoms. The lowest BCUT2D eigenvalue weighted by Crippen LogP contribution is -2.16. The van der Waals surface area contributed by atoms with Crippen LogP contribution in [-0.4, -0.2) is 30.9 Å². The molecular formula is C16H22O5. The minimum Gasteiger partial charge on any atom is -0.493 e. The zero-order valence-corrected chi connectivity index (χ0v) is 12.5. The SMILES string of the molecule is CCOC(=O)C(O)c1ccc(OC)c(OC2CCCC2)c1. The monoisotopic (exact) mass is 294 g/mol. The summed E-state index contributed by atoms with van der Waals surface area (Å²) < 4.78 is 16.0. The third-order valence-electron chi connectivity index (χ3n) is 3.61. The first-order valence-corrected chi connectivity index (χ1v) is 7.35. The molecule has 0 aliphatic heterocycles. The van der Waals surface area contributed by atoms with E-state index in [4.69, 9.17) is 14.2 Å². The predicted octanol–water partition coefficient (Wildman–Crippen LogP) is 2.61. The number of esters is 1. The molecule has 0 radical (unpaired) electrons. The fourth-order valence-corrected chi connectivity index (χ4v) is 2.50. The van der Waals surface area contributed by atoms with E-state index in [2.05, 4.69) is 0 Å². The van der Waals surface area contributed by atoms with Crippen molar-refractivity contribution in [3.8, 4) is 11.5 Å². The van der Waals surface area contributed by atoms with E-state index in [1.54, 1.807) is 32.2 Å². The number of hydrogen-bond acceptors (Lipinski definition) is 5. The summed E-state index contributed by atoms with van der Waals surface area (Å²) in [6, 6.07) is 4.99. The van der Waals surface area contributed by atoms with Gasteiger partial charge in [-0.15, -0.1) is 0 Å². The van der Waals surface area contributed by atoms with Crippen molar-refractivity contribution in [2.45, 2.75) is 44.8 Å². The van der Waals surface area contributed by atoms with Crippen LogP contribution in [0.15, 0.2) is 18.2 Å². The molecule has 1 aromatic rings. The van der Waals surface area contributed by atoms with Crippen molar-refractivity contribution in [1.82, 2.24) is 0 Å². The van der Waals surface area contributed by atoms with Crippen LogP contribution in [0.3, 0.4) is 0 Å². The highest BCUT2D eigenvalue weighted by molar-refractivity contribution is 5.76. The highest BCUT2D eigenvalue weighted by atomic mass is 16.5. The van der Waals surface area contributed by atoms with Gasteiger partial charge in [0.15, 0.2) is 17.6 Å². The Morgan fingerprint density at radius 3 is 2.67 bits per heavy atom. The van der Waals surface area contributed by atoms with E-state index in [9.17, 15) is 9.90 Å². The molecule has 0 aromatic heterocycles. The lowest BCUT2D eigenvalue weighted by molar-refractivity contribution is -0.153. The average molecular weight is 294 g/mol. The largest absolute Gasteiger partial charge is 0.493 e. The maximum Gasteiger partial charge on any atom is 0.339 e. The van der Waals surface area contributed by atoms with Gasteiger partial charge in [-0.05, 0) is 50.3 Å². The number of rotatable bonds is 6. The van der Waals surface area contributed by atoms with Crippen LogP contribution in [0, 0.1) is 0 Å². The smallest absolute Gasteiger partial charge is 0.339 e. The molecule has 1 aliphatic carbocycles. The van der Waals surface area contributed by atoms with Gasteiger partial charge in [0.2, 0.25) is 0 Å². The van der Waals surface area contributed by atoms with E-state index < -0.39 is 12.1 Å². The first-order chi connectivity index (χ1) is 10.2. The zero-order valence-electron chi connectivity index (χ0n) is 12.5. The van der Waals surface area contributed by atoms with Crippen LogP contribution >= 0.6 is 0 Å². The van der Waals surface area contributed by atoms with E-state index >= 15 is 0 Å². The third-order valence-corrected chi connectivity index (χ3v) is 3.61. The minimum atomic E-state index is -1.30. The Bertz CT molecular complexity index is 480.